The molecule has 0 bridgehead atoms. The third kappa shape index (κ3) is 2.90. The van der Waals surface area contributed by atoms with Gasteiger partial charge in [0.25, 0.3) is 11.6 Å². The molecule has 0 spiro atoms. The molecule has 2 aromatic heterocycles. The minimum Gasteiger partial charge on any atom is -0.480 e. The van der Waals surface area contributed by atoms with Crippen LogP contribution in [-0.4, -0.2) is 30.0 Å². The Morgan fingerprint density at radius 1 is 1.35 bits per heavy atom. The van der Waals surface area contributed by atoms with Gasteiger partial charge in [-0.05, 0) is 24.6 Å². The standard InChI is InChI=1S/C15H12F4N4O3/c1-6(7-2-3-8(9(16)4-7)15(17,18)19)23-12-11(10(5-24)22-23)13(25)21-14(26)20-12/h2-4,6,24H,5H2,1H3,(H2,20,21,25,26)/t6-/m0/s1. The SMILES string of the molecule is C[C@@H](c1ccc(C(F)(F)F)c(F)c1)n1nc(CO)c2c(=O)[nH]c(O)nc21. The van der Waals surface area contributed by atoms with Gasteiger partial charge >= 0.3 is 6.18 Å². The number of nitrogens with one attached hydrogen (secondary N) is 1. The van der Waals surface area contributed by atoms with Crippen LogP contribution in [0, 0.1) is 5.82 Å². The van der Waals surface area contributed by atoms with Crippen LogP contribution in [0.5, 0.6) is 6.01 Å². The summed E-state index contributed by atoms with van der Waals surface area (Å²) in [6, 6.07) is 0.877. The number of hydrogen-bond donors (Lipinski definition) is 3. The van der Waals surface area contributed by atoms with Crippen molar-refractivity contribution in [2.75, 3.05) is 0 Å². The molecule has 0 amide bonds. The Bertz CT molecular complexity index is 1040. The average molecular weight is 372 g/mol. The van der Waals surface area contributed by atoms with E-state index in [1.165, 1.54) is 6.92 Å². The Morgan fingerprint density at radius 2 is 2.04 bits per heavy atom. The molecular formula is C15H12F4N4O3. The quantitative estimate of drug-likeness (QED) is 0.611. The van der Waals surface area contributed by atoms with E-state index in [0.29, 0.717) is 12.1 Å². The number of aliphatic hydroxyl groups is 1. The first-order valence-electron chi connectivity index (χ1n) is 7.31. The lowest BCUT2D eigenvalue weighted by Gasteiger charge is -2.15. The lowest BCUT2D eigenvalue weighted by molar-refractivity contribution is -0.140. The number of halogens is 4. The molecule has 3 N–H and O–H groups in total. The van der Waals surface area contributed by atoms with Gasteiger partial charge in [0.05, 0.1) is 18.2 Å². The topological polar surface area (TPSA) is 104 Å². The number of aromatic amines is 1. The number of aromatic hydroxyl groups is 1. The smallest absolute Gasteiger partial charge is 0.419 e. The molecule has 3 rings (SSSR count). The number of alkyl halides is 3. The zero-order chi connectivity index (χ0) is 19.2. The monoisotopic (exact) mass is 372 g/mol. The van der Waals surface area contributed by atoms with Gasteiger partial charge in [-0.2, -0.15) is 23.3 Å². The molecule has 0 unspecified atom stereocenters. The first kappa shape index (κ1) is 17.9. The summed E-state index contributed by atoms with van der Waals surface area (Å²) < 4.78 is 53.0. The summed E-state index contributed by atoms with van der Waals surface area (Å²) in [5.41, 5.74) is -2.14. The Kier molecular flexibility index (Phi) is 4.18. The third-order valence-corrected chi connectivity index (χ3v) is 3.92. The van der Waals surface area contributed by atoms with Gasteiger partial charge in [0, 0.05) is 0 Å². The second-order valence-corrected chi connectivity index (χ2v) is 5.55. The molecule has 0 saturated heterocycles. The maximum absolute atomic E-state index is 13.8. The highest BCUT2D eigenvalue weighted by Gasteiger charge is 2.34. The van der Waals surface area contributed by atoms with Crippen LogP contribution in [0.25, 0.3) is 11.0 Å². The second kappa shape index (κ2) is 6.09. The summed E-state index contributed by atoms with van der Waals surface area (Å²) in [4.78, 5) is 17.8. The van der Waals surface area contributed by atoms with Gasteiger partial charge in [-0.25, -0.2) is 9.07 Å². The van der Waals surface area contributed by atoms with E-state index >= 15 is 0 Å². The van der Waals surface area contributed by atoms with Crippen molar-refractivity contribution in [3.05, 3.63) is 51.2 Å². The predicted octanol–water partition coefficient (Wildman–Crippen LogP) is 2.08. The lowest BCUT2D eigenvalue weighted by atomic mass is 10.1. The maximum Gasteiger partial charge on any atom is 0.419 e. The first-order valence-corrected chi connectivity index (χ1v) is 7.31. The van der Waals surface area contributed by atoms with Crippen LogP contribution in [0.2, 0.25) is 0 Å². The number of fused-ring (bicyclic) bond motifs is 1. The predicted molar refractivity (Wildman–Crippen MR) is 81.0 cm³/mol. The maximum atomic E-state index is 13.8. The van der Waals surface area contributed by atoms with Crippen molar-refractivity contribution in [3.63, 3.8) is 0 Å². The summed E-state index contributed by atoms with van der Waals surface area (Å²) in [5.74, 6) is -1.45. The molecule has 1 aromatic carbocycles. The van der Waals surface area contributed by atoms with Crippen molar-refractivity contribution in [1.29, 1.82) is 0 Å². The van der Waals surface area contributed by atoms with Crippen molar-refractivity contribution >= 4 is 11.0 Å². The van der Waals surface area contributed by atoms with Crippen LogP contribution in [0.4, 0.5) is 17.6 Å². The molecule has 0 radical (unpaired) electrons. The van der Waals surface area contributed by atoms with Crippen LogP contribution >= 0.6 is 0 Å². The molecule has 0 aliphatic carbocycles. The van der Waals surface area contributed by atoms with Gasteiger partial charge < -0.3 is 10.2 Å². The molecule has 26 heavy (non-hydrogen) atoms. The summed E-state index contributed by atoms with van der Waals surface area (Å²) in [7, 11) is 0. The highest BCUT2D eigenvalue weighted by molar-refractivity contribution is 5.77. The molecule has 3 aromatic rings. The minimum atomic E-state index is -4.82. The van der Waals surface area contributed by atoms with Gasteiger partial charge in [0.15, 0.2) is 5.65 Å². The molecule has 138 valence electrons. The van der Waals surface area contributed by atoms with Crippen LogP contribution in [0.15, 0.2) is 23.0 Å². The fourth-order valence-corrected chi connectivity index (χ4v) is 2.65. The van der Waals surface area contributed by atoms with E-state index in [2.05, 4.69) is 15.1 Å². The summed E-state index contributed by atoms with van der Waals surface area (Å²) in [6.45, 7) is 0.892. The van der Waals surface area contributed by atoms with E-state index < -0.39 is 41.8 Å². The number of aliphatic hydroxyl groups excluding tert-OH is 1. The largest absolute Gasteiger partial charge is 0.480 e. The Morgan fingerprint density at radius 3 is 2.62 bits per heavy atom. The number of benzene rings is 1. The van der Waals surface area contributed by atoms with Gasteiger partial charge in [0.2, 0.25) is 0 Å². The van der Waals surface area contributed by atoms with Gasteiger partial charge in [-0.15, -0.1) is 0 Å². The first-order chi connectivity index (χ1) is 12.1. The molecule has 0 fully saturated rings. The Labute approximate surface area is 142 Å². The van der Waals surface area contributed by atoms with Gasteiger partial charge in [-0.3, -0.25) is 9.78 Å². The Balaban J connectivity index is 2.15. The average Bonchev–Trinajstić information content (AvgIpc) is 2.91. The minimum absolute atomic E-state index is 0.0343. The van der Waals surface area contributed by atoms with E-state index in [0.717, 1.165) is 10.7 Å². The van der Waals surface area contributed by atoms with Gasteiger partial charge in [-0.1, -0.05) is 6.07 Å². The van der Waals surface area contributed by atoms with Crippen molar-refractivity contribution in [1.82, 2.24) is 19.7 Å². The zero-order valence-corrected chi connectivity index (χ0v) is 13.2. The molecule has 0 saturated carbocycles. The van der Waals surface area contributed by atoms with Gasteiger partial charge in [0.1, 0.15) is 16.9 Å². The van der Waals surface area contributed by atoms with Crippen molar-refractivity contribution in [3.8, 4) is 6.01 Å². The normalized spacial score (nSPS) is 13.3. The molecule has 1 atom stereocenters. The van der Waals surface area contributed by atoms with Crippen LogP contribution in [0.3, 0.4) is 0 Å². The highest BCUT2D eigenvalue weighted by atomic mass is 19.4. The third-order valence-electron chi connectivity index (χ3n) is 3.92. The molecule has 0 aliphatic rings. The fourth-order valence-electron chi connectivity index (χ4n) is 2.65. The molecule has 11 heteroatoms. The molecule has 2 heterocycles. The van der Waals surface area contributed by atoms with Crippen molar-refractivity contribution in [2.24, 2.45) is 0 Å². The second-order valence-electron chi connectivity index (χ2n) is 5.55. The van der Waals surface area contributed by atoms with Crippen molar-refractivity contribution < 1.29 is 27.8 Å². The van der Waals surface area contributed by atoms with Crippen molar-refractivity contribution in [2.45, 2.75) is 25.7 Å². The highest BCUT2D eigenvalue weighted by Crippen LogP contribution is 2.33. The number of rotatable bonds is 3. The van der Waals surface area contributed by atoms with E-state index in [9.17, 15) is 32.6 Å². The summed E-state index contributed by atoms with van der Waals surface area (Å²) in [6.07, 6.45) is -4.82. The fraction of sp³-hybridized carbons (Fsp3) is 0.267. The zero-order valence-electron chi connectivity index (χ0n) is 13.2. The summed E-state index contributed by atoms with van der Waals surface area (Å²) >= 11 is 0. The van der Waals surface area contributed by atoms with E-state index in [-0.39, 0.29) is 22.3 Å². The van der Waals surface area contributed by atoms with E-state index in [1.807, 2.05) is 0 Å². The van der Waals surface area contributed by atoms with E-state index in [1.54, 1.807) is 0 Å². The number of aromatic nitrogens is 4. The number of H-pyrrole nitrogens is 1. The van der Waals surface area contributed by atoms with E-state index in [4.69, 9.17) is 0 Å². The van der Waals surface area contributed by atoms with Crippen LogP contribution < -0.4 is 5.56 Å². The Hall–Kier alpha value is -2.95. The molecular weight excluding hydrogens is 360 g/mol. The lowest BCUT2D eigenvalue weighted by Crippen LogP contribution is -2.13. The number of nitrogens with zero attached hydrogens (tertiary/aromatic N) is 3. The number of hydrogen-bond acceptors (Lipinski definition) is 5. The van der Waals surface area contributed by atoms with Crippen LogP contribution in [0.1, 0.15) is 29.8 Å². The molecule has 0 aliphatic heterocycles. The van der Waals surface area contributed by atoms with Crippen LogP contribution in [-0.2, 0) is 12.8 Å². The molecule has 7 nitrogen and oxygen atoms in total. The summed E-state index contributed by atoms with van der Waals surface area (Å²) in [5, 5.41) is 22.8.